The molecule has 1 aromatic rings. The first-order valence-electron chi connectivity index (χ1n) is 8.22. The normalized spacial score (nSPS) is 20.4. The molecule has 0 radical (unpaired) electrons. The molecule has 2 rings (SSSR count). The van der Waals surface area contributed by atoms with Crippen molar-refractivity contribution in [2.45, 2.75) is 45.4 Å². The van der Waals surface area contributed by atoms with Crippen LogP contribution in [0, 0.1) is 5.92 Å². The van der Waals surface area contributed by atoms with Gasteiger partial charge >= 0.3 is 0 Å². The summed E-state index contributed by atoms with van der Waals surface area (Å²) in [4.78, 5) is 11.9. The van der Waals surface area contributed by atoms with Crippen molar-refractivity contribution in [3.05, 3.63) is 35.4 Å². The predicted octanol–water partition coefficient (Wildman–Crippen LogP) is 2.47. The first-order chi connectivity index (χ1) is 10.7. The maximum absolute atomic E-state index is 11.9. The van der Waals surface area contributed by atoms with Gasteiger partial charge < -0.3 is 5.32 Å². The van der Waals surface area contributed by atoms with Gasteiger partial charge in [0, 0.05) is 13.0 Å². The van der Waals surface area contributed by atoms with Crippen LogP contribution in [0.25, 0.3) is 0 Å². The van der Waals surface area contributed by atoms with Gasteiger partial charge in [-0.2, -0.15) is 0 Å². The van der Waals surface area contributed by atoms with E-state index in [0.29, 0.717) is 19.4 Å². The van der Waals surface area contributed by atoms with Gasteiger partial charge in [0.2, 0.25) is 5.91 Å². The zero-order valence-corrected chi connectivity index (χ0v) is 15.1. The van der Waals surface area contributed by atoms with E-state index in [1.54, 1.807) is 0 Å². The zero-order chi connectivity index (χ0) is 17.1. The number of sulfone groups is 1. The first-order valence-corrected chi connectivity index (χ1v) is 10.0. The molecule has 0 spiro atoms. The van der Waals surface area contributed by atoms with Gasteiger partial charge in [0.15, 0.2) is 9.84 Å². The lowest BCUT2D eigenvalue weighted by atomic mass is 9.86. The molecule has 1 atom stereocenters. The Kier molecular flexibility index (Phi) is 5.50. The van der Waals surface area contributed by atoms with Crippen molar-refractivity contribution in [1.29, 1.82) is 0 Å². The van der Waals surface area contributed by atoms with E-state index in [-0.39, 0.29) is 28.7 Å². The fraction of sp³-hybridized carbons (Fsp3) is 0.611. The average Bonchev–Trinajstić information content (AvgIpc) is 2.77. The highest BCUT2D eigenvalue weighted by atomic mass is 32.2. The Hall–Kier alpha value is -1.36. The van der Waals surface area contributed by atoms with Crippen molar-refractivity contribution in [3.63, 3.8) is 0 Å². The van der Waals surface area contributed by atoms with Crippen molar-refractivity contribution in [3.8, 4) is 0 Å². The second kappa shape index (κ2) is 7.04. The predicted molar refractivity (Wildman–Crippen MR) is 93.2 cm³/mol. The number of nitrogens with one attached hydrogen (secondary N) is 1. The molecule has 1 amide bonds. The number of carbonyl (C=O) groups excluding carboxylic acids is 1. The average molecular weight is 337 g/mol. The quantitative estimate of drug-likeness (QED) is 0.898. The van der Waals surface area contributed by atoms with Crippen LogP contribution in [0.2, 0.25) is 0 Å². The van der Waals surface area contributed by atoms with Crippen LogP contribution in [0.15, 0.2) is 24.3 Å². The third kappa shape index (κ3) is 5.65. The van der Waals surface area contributed by atoms with E-state index in [0.717, 1.165) is 6.42 Å². The molecule has 1 unspecified atom stereocenters. The van der Waals surface area contributed by atoms with Crippen LogP contribution in [-0.2, 0) is 26.5 Å². The Morgan fingerprint density at radius 2 is 1.87 bits per heavy atom. The highest BCUT2D eigenvalue weighted by Crippen LogP contribution is 2.22. The number of carbonyl (C=O) groups is 1. The Labute approximate surface area is 139 Å². The number of benzene rings is 1. The monoisotopic (exact) mass is 337 g/mol. The first kappa shape index (κ1) is 18.0. The molecule has 1 aromatic carbocycles. The summed E-state index contributed by atoms with van der Waals surface area (Å²) in [6.45, 7) is 7.15. The van der Waals surface area contributed by atoms with E-state index in [1.807, 2.05) is 0 Å². The minimum absolute atomic E-state index is 0.00827. The Balaban J connectivity index is 1.73. The van der Waals surface area contributed by atoms with Gasteiger partial charge in [0.1, 0.15) is 0 Å². The highest BCUT2D eigenvalue weighted by Gasteiger charge is 2.29. The number of amides is 1. The molecule has 0 saturated carbocycles. The van der Waals surface area contributed by atoms with E-state index in [2.05, 4.69) is 50.4 Å². The van der Waals surface area contributed by atoms with Gasteiger partial charge in [0.25, 0.3) is 0 Å². The van der Waals surface area contributed by atoms with Gasteiger partial charge in [0.05, 0.1) is 11.5 Å². The van der Waals surface area contributed by atoms with Crippen molar-refractivity contribution < 1.29 is 13.2 Å². The highest BCUT2D eigenvalue weighted by molar-refractivity contribution is 7.91. The SMILES string of the molecule is CC(C)(C)c1ccc(CCNC(=O)CC2CCS(=O)(=O)C2)cc1. The molecule has 4 nitrogen and oxygen atoms in total. The lowest BCUT2D eigenvalue weighted by Crippen LogP contribution is -2.27. The maximum Gasteiger partial charge on any atom is 0.220 e. The molecule has 1 heterocycles. The second-order valence-corrected chi connectivity index (χ2v) is 9.75. The van der Waals surface area contributed by atoms with E-state index >= 15 is 0 Å². The van der Waals surface area contributed by atoms with Crippen molar-refractivity contribution in [2.24, 2.45) is 5.92 Å². The summed E-state index contributed by atoms with van der Waals surface area (Å²) < 4.78 is 22.8. The maximum atomic E-state index is 11.9. The molecule has 128 valence electrons. The summed E-state index contributed by atoms with van der Waals surface area (Å²) in [5.41, 5.74) is 2.64. The van der Waals surface area contributed by atoms with Crippen LogP contribution in [0.3, 0.4) is 0 Å². The lowest BCUT2D eigenvalue weighted by molar-refractivity contribution is -0.121. The van der Waals surface area contributed by atoms with Crippen molar-refractivity contribution >= 4 is 15.7 Å². The van der Waals surface area contributed by atoms with E-state index in [9.17, 15) is 13.2 Å². The van der Waals surface area contributed by atoms with Gasteiger partial charge in [-0.15, -0.1) is 0 Å². The van der Waals surface area contributed by atoms with Gasteiger partial charge in [-0.05, 0) is 35.3 Å². The topological polar surface area (TPSA) is 63.2 Å². The fourth-order valence-electron chi connectivity index (χ4n) is 2.89. The summed E-state index contributed by atoms with van der Waals surface area (Å²) in [6.07, 6.45) is 1.73. The standard InChI is InChI=1S/C18H27NO3S/c1-18(2,3)16-6-4-14(5-7-16)8-10-19-17(20)12-15-9-11-23(21,22)13-15/h4-7,15H,8-13H2,1-3H3,(H,19,20). The molecule has 1 saturated heterocycles. The molecular formula is C18H27NO3S. The Bertz CT molecular complexity index is 642. The molecule has 0 aromatic heterocycles. The van der Waals surface area contributed by atoms with E-state index in [1.165, 1.54) is 11.1 Å². The van der Waals surface area contributed by atoms with Crippen LogP contribution < -0.4 is 5.32 Å². The molecule has 1 aliphatic heterocycles. The van der Waals surface area contributed by atoms with Crippen molar-refractivity contribution in [1.82, 2.24) is 5.32 Å². The molecule has 23 heavy (non-hydrogen) atoms. The summed E-state index contributed by atoms with van der Waals surface area (Å²) in [5.74, 6) is 0.337. The lowest BCUT2D eigenvalue weighted by Gasteiger charge is -2.19. The minimum Gasteiger partial charge on any atom is -0.356 e. The fourth-order valence-corrected chi connectivity index (χ4v) is 4.75. The van der Waals surface area contributed by atoms with E-state index < -0.39 is 9.84 Å². The smallest absolute Gasteiger partial charge is 0.220 e. The number of hydrogen-bond donors (Lipinski definition) is 1. The molecule has 1 fully saturated rings. The molecule has 5 heteroatoms. The number of hydrogen-bond acceptors (Lipinski definition) is 3. The summed E-state index contributed by atoms with van der Waals surface area (Å²) in [7, 11) is -2.90. The zero-order valence-electron chi connectivity index (χ0n) is 14.3. The van der Waals surface area contributed by atoms with Crippen LogP contribution in [0.5, 0.6) is 0 Å². The minimum atomic E-state index is -2.90. The van der Waals surface area contributed by atoms with Crippen LogP contribution in [0.4, 0.5) is 0 Å². The molecule has 0 bridgehead atoms. The largest absolute Gasteiger partial charge is 0.356 e. The van der Waals surface area contributed by atoms with Gasteiger partial charge in [-0.3, -0.25) is 4.79 Å². The summed E-state index contributed by atoms with van der Waals surface area (Å²) in [5, 5.41) is 2.90. The van der Waals surface area contributed by atoms with Crippen LogP contribution in [0.1, 0.15) is 44.7 Å². The summed E-state index contributed by atoms with van der Waals surface area (Å²) >= 11 is 0. The van der Waals surface area contributed by atoms with Crippen LogP contribution in [-0.4, -0.2) is 32.4 Å². The second-order valence-electron chi connectivity index (χ2n) is 7.52. The third-order valence-corrected chi connectivity index (χ3v) is 6.19. The van der Waals surface area contributed by atoms with Gasteiger partial charge in [-0.25, -0.2) is 8.42 Å². The van der Waals surface area contributed by atoms with Crippen molar-refractivity contribution in [2.75, 3.05) is 18.1 Å². The van der Waals surface area contributed by atoms with E-state index in [4.69, 9.17) is 0 Å². The Morgan fingerprint density at radius 3 is 2.39 bits per heavy atom. The van der Waals surface area contributed by atoms with Crippen LogP contribution >= 0.6 is 0 Å². The van der Waals surface area contributed by atoms with Gasteiger partial charge in [-0.1, -0.05) is 45.0 Å². The molecule has 0 aliphatic carbocycles. The molecule has 1 aliphatic rings. The third-order valence-electron chi connectivity index (χ3n) is 4.36. The molecular weight excluding hydrogens is 310 g/mol. The summed E-state index contributed by atoms with van der Waals surface area (Å²) in [6, 6.07) is 8.49. The Morgan fingerprint density at radius 1 is 1.22 bits per heavy atom. The molecule has 1 N–H and O–H groups in total. The number of rotatable bonds is 5.